The van der Waals surface area contributed by atoms with Crippen LogP contribution in [-0.2, 0) is 31.0 Å². The number of halogens is 1. The Hall–Kier alpha value is -7.79. The number of imide groups is 1. The first-order chi connectivity index (χ1) is 41.8. The number of nitro benzene ring substituents is 1. The van der Waals surface area contributed by atoms with E-state index in [-0.39, 0.29) is 52.5 Å². The zero-order valence-electron chi connectivity index (χ0n) is 48.8. The van der Waals surface area contributed by atoms with Gasteiger partial charge in [0.15, 0.2) is 0 Å². The van der Waals surface area contributed by atoms with E-state index in [2.05, 4.69) is 61.1 Å². The molecule has 4 aromatic carbocycles. The van der Waals surface area contributed by atoms with Crippen molar-refractivity contribution in [2.24, 2.45) is 11.3 Å². The minimum absolute atomic E-state index is 0.0695. The molecular formula is C64H71ClN10O10S2. The molecule has 0 spiro atoms. The highest BCUT2D eigenvalue weighted by Gasteiger charge is 2.40. The summed E-state index contributed by atoms with van der Waals surface area (Å²) >= 11 is 7.93. The van der Waals surface area contributed by atoms with Crippen molar-refractivity contribution in [2.45, 2.75) is 107 Å². The molecule has 20 nitrogen and oxygen atoms in total. The van der Waals surface area contributed by atoms with E-state index in [0.29, 0.717) is 86.9 Å². The lowest BCUT2D eigenvalue weighted by molar-refractivity contribution is -0.384. The number of ether oxygens (including phenoxy) is 1. The number of pyridine rings is 1. The maximum Gasteiger partial charge on any atom is 0.293 e. The molecular weight excluding hydrogens is 1170 g/mol. The number of piperazine rings is 1. The number of amides is 5. The summed E-state index contributed by atoms with van der Waals surface area (Å²) < 4.78 is 36.5. The summed E-state index contributed by atoms with van der Waals surface area (Å²) in [6.07, 6.45) is 11.1. The average molecular weight is 1240 g/mol. The Bertz CT molecular complexity index is 3780. The number of thioether (sulfide) groups is 1. The van der Waals surface area contributed by atoms with Crippen molar-refractivity contribution in [1.82, 2.24) is 34.7 Å². The number of fused-ring (bicyclic) bond motifs is 2. The van der Waals surface area contributed by atoms with Crippen molar-refractivity contribution in [1.29, 1.82) is 0 Å². The van der Waals surface area contributed by atoms with Crippen LogP contribution in [0.25, 0.3) is 16.6 Å². The lowest BCUT2D eigenvalue weighted by Gasteiger charge is -2.39. The highest BCUT2D eigenvalue weighted by molar-refractivity contribution is 7.99. The van der Waals surface area contributed by atoms with Gasteiger partial charge in [0.2, 0.25) is 17.7 Å². The van der Waals surface area contributed by atoms with Gasteiger partial charge >= 0.3 is 0 Å². The molecule has 1 aliphatic carbocycles. The molecule has 0 saturated carbocycles. The van der Waals surface area contributed by atoms with E-state index in [4.69, 9.17) is 16.3 Å². The molecule has 23 heteroatoms. The van der Waals surface area contributed by atoms with Gasteiger partial charge in [-0.1, -0.05) is 55.6 Å². The molecule has 87 heavy (non-hydrogen) atoms. The van der Waals surface area contributed by atoms with Crippen LogP contribution in [-0.4, -0.2) is 132 Å². The number of H-pyrrole nitrogens is 1. The number of anilines is 2. The van der Waals surface area contributed by atoms with Gasteiger partial charge in [-0.2, -0.15) is 0 Å². The molecule has 2 aromatic heterocycles. The van der Waals surface area contributed by atoms with Gasteiger partial charge in [0.05, 0.1) is 21.6 Å². The minimum atomic E-state index is -4.65. The second-order valence-corrected chi connectivity index (χ2v) is 27.2. The molecule has 5 aliphatic rings. The second-order valence-electron chi connectivity index (χ2n) is 24.0. The number of unbranched alkanes of at least 4 members (excludes halogenated alkanes) is 2. The molecule has 1 unspecified atom stereocenters. The van der Waals surface area contributed by atoms with E-state index in [1.165, 1.54) is 41.1 Å². The number of carbonyl (C=O) groups is 5. The number of benzene rings is 4. The van der Waals surface area contributed by atoms with Gasteiger partial charge in [-0.3, -0.25) is 44.3 Å². The number of hydrogen-bond donors (Lipinski definition) is 4. The SMILES string of the molecule is CC1(C)CCC(CN2CCN(c3ccc(C(=O)NS(=O)(=O)c4ccc(NCC5CCN(C(=O)CCCCCSc6cccc7c6CN(C6CCC(=O)NC6=O)C7=O)CC5)c([N+](=O)[O-])c4)c(Oc4cnc5[nH]ccc5c4)c3)CC2)=C(c2ccc(Cl)cc2)C1. The Kier molecular flexibility index (Phi) is 18.4. The summed E-state index contributed by atoms with van der Waals surface area (Å²) in [5, 5.41) is 19.5. The molecule has 11 rings (SSSR count). The van der Waals surface area contributed by atoms with Gasteiger partial charge in [0, 0.05) is 117 Å². The van der Waals surface area contributed by atoms with Crippen LogP contribution in [0.3, 0.4) is 0 Å². The van der Waals surface area contributed by atoms with Crippen LogP contribution in [0.2, 0.25) is 5.02 Å². The predicted molar refractivity (Wildman–Crippen MR) is 334 cm³/mol. The maximum absolute atomic E-state index is 14.2. The van der Waals surface area contributed by atoms with Crippen LogP contribution in [0.1, 0.15) is 116 Å². The summed E-state index contributed by atoms with van der Waals surface area (Å²) in [6.45, 7) is 10.3. The third-order valence-electron chi connectivity index (χ3n) is 17.4. The Morgan fingerprint density at radius 2 is 1.70 bits per heavy atom. The number of likely N-dealkylation sites (tertiary alicyclic amines) is 1. The Labute approximate surface area is 515 Å². The fourth-order valence-corrected chi connectivity index (χ4v) is 14.6. The predicted octanol–water partition coefficient (Wildman–Crippen LogP) is 10.6. The number of sulfonamides is 1. The van der Waals surface area contributed by atoms with Gasteiger partial charge in [-0.25, -0.2) is 18.1 Å². The Morgan fingerprint density at radius 3 is 2.47 bits per heavy atom. The van der Waals surface area contributed by atoms with Crippen LogP contribution < -0.4 is 25.0 Å². The minimum Gasteiger partial charge on any atom is -0.455 e. The van der Waals surface area contributed by atoms with Crippen molar-refractivity contribution in [2.75, 3.05) is 68.3 Å². The number of piperidine rings is 2. The number of nitrogens with zero attached hydrogens (tertiary/aromatic N) is 6. The summed E-state index contributed by atoms with van der Waals surface area (Å²) in [7, 11) is -4.65. The highest BCUT2D eigenvalue weighted by atomic mass is 35.5. The van der Waals surface area contributed by atoms with Crippen LogP contribution in [0.5, 0.6) is 11.5 Å². The van der Waals surface area contributed by atoms with Crippen molar-refractivity contribution in [3.8, 4) is 11.5 Å². The van der Waals surface area contributed by atoms with Crippen LogP contribution >= 0.6 is 23.4 Å². The van der Waals surface area contributed by atoms with Gasteiger partial charge in [0.1, 0.15) is 28.9 Å². The molecule has 4 N–H and O–H groups in total. The summed E-state index contributed by atoms with van der Waals surface area (Å²) in [4.78, 5) is 92.8. The molecule has 6 heterocycles. The largest absolute Gasteiger partial charge is 0.455 e. The number of nitrogens with one attached hydrogen (secondary N) is 4. The van der Waals surface area contributed by atoms with Gasteiger partial charge in [0.25, 0.3) is 27.5 Å². The van der Waals surface area contributed by atoms with Crippen molar-refractivity contribution < 1.29 is 42.1 Å². The third kappa shape index (κ3) is 14.3. The van der Waals surface area contributed by atoms with E-state index in [0.717, 1.165) is 91.5 Å². The third-order valence-corrected chi connectivity index (χ3v) is 20.2. The van der Waals surface area contributed by atoms with Gasteiger partial charge in [-0.05, 0) is 146 Å². The van der Waals surface area contributed by atoms with E-state index in [1.807, 2.05) is 35.2 Å². The second kappa shape index (κ2) is 26.3. The molecule has 1 atom stereocenters. The maximum atomic E-state index is 14.2. The normalized spacial score (nSPS) is 18.4. The molecule has 456 valence electrons. The summed E-state index contributed by atoms with van der Waals surface area (Å²) in [5.74, 6) is -0.546. The van der Waals surface area contributed by atoms with Gasteiger partial charge in [-0.15, -0.1) is 11.8 Å². The lowest BCUT2D eigenvalue weighted by atomic mass is 9.72. The molecule has 5 amide bonds. The number of hydrogen-bond acceptors (Lipinski definition) is 15. The van der Waals surface area contributed by atoms with E-state index < -0.39 is 43.4 Å². The summed E-state index contributed by atoms with van der Waals surface area (Å²) in [6, 6.07) is 25.2. The Morgan fingerprint density at radius 1 is 0.908 bits per heavy atom. The average Bonchev–Trinajstić information content (AvgIpc) is 2.57. The lowest BCUT2D eigenvalue weighted by Crippen LogP contribution is -2.52. The number of aromatic nitrogens is 2. The van der Waals surface area contributed by atoms with Crippen molar-refractivity contribution in [3.63, 3.8) is 0 Å². The molecule has 0 bridgehead atoms. The molecule has 4 aliphatic heterocycles. The Balaban J connectivity index is 0.665. The fraction of sp³-hybridized carbons (Fsp3) is 0.406. The first kappa shape index (κ1) is 60.9. The highest BCUT2D eigenvalue weighted by Crippen LogP contribution is 2.44. The first-order valence-electron chi connectivity index (χ1n) is 29.8. The number of nitro groups is 1. The molecule has 0 radical (unpaired) electrons. The molecule has 3 saturated heterocycles. The zero-order valence-corrected chi connectivity index (χ0v) is 51.2. The number of aromatic amines is 1. The van der Waals surface area contributed by atoms with Gasteiger partial charge < -0.3 is 29.7 Å². The van der Waals surface area contributed by atoms with Crippen molar-refractivity contribution >= 4 is 96.6 Å². The van der Waals surface area contributed by atoms with E-state index in [9.17, 15) is 42.5 Å². The summed E-state index contributed by atoms with van der Waals surface area (Å²) in [5.41, 5.74) is 6.75. The number of allylic oxidation sites excluding steroid dienone is 1. The quantitative estimate of drug-likeness (QED) is 0.0172. The van der Waals surface area contributed by atoms with E-state index in [1.54, 1.807) is 47.1 Å². The van der Waals surface area contributed by atoms with Crippen LogP contribution in [0.15, 0.2) is 119 Å². The standard InChI is InChI=1S/C64H71ClN10O10S2/c1-64(2)24-20-44(51(36-64)42-10-12-45(65)13-11-42)39-71-28-30-72(31-29-71)46-14-16-50(56(34-46)85-47-33-43-21-25-66-60(43)68-38-47)61(78)70-87(83,84)48-15-17-53(55(35-48)75(81)82)67-37-41-22-26-73(27-23-41)59(77)9-4-3-5-32-86-57-8-6-7-49-52(57)40-74(63(49)80)54-18-19-58(76)69-62(54)79/h6-8,10-17,21,25,33-35,38,41,54,67H,3-5,9,18-20,22-24,26-32,36-37,39-40H2,1-2H3,(H,66,68)(H,70,78)(H,69,76,79). The zero-order chi connectivity index (χ0) is 61.0. The molecule has 3 fully saturated rings. The number of carbonyl (C=O) groups excluding carboxylic acids is 5. The fourth-order valence-electron chi connectivity index (χ4n) is 12.4. The topological polar surface area (TPSA) is 250 Å². The van der Waals surface area contributed by atoms with Crippen molar-refractivity contribution in [3.05, 3.63) is 146 Å². The van der Waals surface area contributed by atoms with E-state index >= 15 is 0 Å². The van der Waals surface area contributed by atoms with Crippen LogP contribution in [0, 0.1) is 21.4 Å². The monoisotopic (exact) mass is 1240 g/mol. The van der Waals surface area contributed by atoms with Crippen LogP contribution in [0.4, 0.5) is 17.1 Å². The smallest absolute Gasteiger partial charge is 0.293 e. The number of rotatable bonds is 21. The first-order valence-corrected chi connectivity index (χ1v) is 32.7. The molecule has 6 aromatic rings.